The largest absolute Gasteiger partial charge is 0.478 e. The zero-order chi connectivity index (χ0) is 14.4. The quantitative estimate of drug-likeness (QED) is 0.803. The molecule has 104 valence electrons. The van der Waals surface area contributed by atoms with Crippen molar-refractivity contribution in [3.8, 4) is 0 Å². The van der Waals surface area contributed by atoms with Crippen LogP contribution in [-0.2, 0) is 4.79 Å². The molecule has 1 amide bonds. The molecule has 19 heavy (non-hydrogen) atoms. The first kappa shape index (κ1) is 14.9. The second-order valence-electron chi connectivity index (χ2n) is 4.31. The molecule has 0 radical (unpaired) electrons. The van der Waals surface area contributed by atoms with Crippen LogP contribution in [0.25, 0.3) is 0 Å². The van der Waals surface area contributed by atoms with Crippen LogP contribution in [0.4, 0.5) is 5.82 Å². The molecular formula is C13H19N3O3. The second-order valence-corrected chi connectivity index (χ2v) is 4.31. The zero-order valence-electron chi connectivity index (χ0n) is 11.4. The highest BCUT2D eigenvalue weighted by Gasteiger charge is 2.12. The molecular weight excluding hydrogens is 246 g/mol. The maximum atomic E-state index is 11.6. The smallest absolute Gasteiger partial charge is 0.337 e. The molecule has 0 unspecified atom stereocenters. The molecule has 0 saturated carbocycles. The summed E-state index contributed by atoms with van der Waals surface area (Å²) in [6, 6.07) is 3.10. The van der Waals surface area contributed by atoms with Gasteiger partial charge in [-0.05, 0) is 25.5 Å². The van der Waals surface area contributed by atoms with Crippen LogP contribution in [0.2, 0.25) is 0 Å². The number of aryl methyl sites for hydroxylation is 1. The van der Waals surface area contributed by atoms with Crippen molar-refractivity contribution in [1.82, 2.24) is 10.3 Å². The Morgan fingerprint density at radius 2 is 2.11 bits per heavy atom. The highest BCUT2D eigenvalue weighted by Crippen LogP contribution is 2.13. The van der Waals surface area contributed by atoms with Gasteiger partial charge in [0.25, 0.3) is 0 Å². The number of carboxylic acids is 1. The summed E-state index contributed by atoms with van der Waals surface area (Å²) in [5, 5.41) is 11.7. The minimum atomic E-state index is -1.00. The fraction of sp³-hybridized carbons (Fsp3) is 0.462. The van der Waals surface area contributed by atoms with E-state index >= 15 is 0 Å². The lowest BCUT2D eigenvalue weighted by Gasteiger charge is -2.18. The Kier molecular flexibility index (Phi) is 5.29. The predicted molar refractivity (Wildman–Crippen MR) is 72.5 cm³/mol. The van der Waals surface area contributed by atoms with Crippen LogP contribution in [-0.4, -0.2) is 42.1 Å². The number of rotatable bonds is 6. The Labute approximate surface area is 112 Å². The monoisotopic (exact) mass is 265 g/mol. The van der Waals surface area contributed by atoms with Gasteiger partial charge in [-0.3, -0.25) is 4.79 Å². The summed E-state index contributed by atoms with van der Waals surface area (Å²) < 4.78 is 0. The van der Waals surface area contributed by atoms with Crippen molar-refractivity contribution in [3.63, 3.8) is 0 Å². The third kappa shape index (κ3) is 4.24. The average molecular weight is 265 g/mol. The molecule has 0 atom stereocenters. The van der Waals surface area contributed by atoms with Gasteiger partial charge in [0.15, 0.2) is 0 Å². The number of aromatic carboxylic acids is 1. The number of hydrogen-bond donors (Lipinski definition) is 2. The van der Waals surface area contributed by atoms with Crippen LogP contribution >= 0.6 is 0 Å². The molecule has 1 rings (SSSR count). The topological polar surface area (TPSA) is 82.5 Å². The van der Waals surface area contributed by atoms with E-state index < -0.39 is 5.97 Å². The number of carbonyl (C=O) groups is 2. The number of pyridine rings is 1. The van der Waals surface area contributed by atoms with E-state index in [1.54, 1.807) is 24.9 Å². The standard InChI is InChI=1S/C13H19N3O3/c1-4-7-14-12(17)8-16(3)11-6-5-10(13(18)19)9(2)15-11/h5-6H,4,7-8H2,1-3H3,(H,14,17)(H,18,19). The van der Waals surface area contributed by atoms with Crippen LogP contribution in [0.15, 0.2) is 12.1 Å². The molecule has 0 spiro atoms. The number of nitrogens with one attached hydrogen (secondary N) is 1. The number of hydrogen-bond acceptors (Lipinski definition) is 4. The number of carbonyl (C=O) groups excluding carboxylic acids is 1. The molecule has 2 N–H and O–H groups in total. The number of carboxylic acid groups (broad SMARTS) is 1. The van der Waals surface area contributed by atoms with E-state index in [-0.39, 0.29) is 18.0 Å². The van der Waals surface area contributed by atoms with Crippen molar-refractivity contribution >= 4 is 17.7 Å². The summed E-state index contributed by atoms with van der Waals surface area (Å²) in [7, 11) is 1.74. The van der Waals surface area contributed by atoms with Gasteiger partial charge < -0.3 is 15.3 Å². The van der Waals surface area contributed by atoms with Crippen molar-refractivity contribution in [1.29, 1.82) is 0 Å². The van der Waals surface area contributed by atoms with E-state index in [1.807, 2.05) is 6.92 Å². The predicted octanol–water partition coefficient (Wildman–Crippen LogP) is 1.05. The van der Waals surface area contributed by atoms with E-state index in [0.29, 0.717) is 18.1 Å². The highest BCUT2D eigenvalue weighted by atomic mass is 16.4. The van der Waals surface area contributed by atoms with Gasteiger partial charge in [0.05, 0.1) is 17.8 Å². The first-order chi connectivity index (χ1) is 8.95. The molecule has 1 aromatic rings. The summed E-state index contributed by atoms with van der Waals surface area (Å²) >= 11 is 0. The van der Waals surface area contributed by atoms with Crippen molar-refractivity contribution < 1.29 is 14.7 Å². The van der Waals surface area contributed by atoms with Crippen molar-refractivity contribution in [2.24, 2.45) is 0 Å². The van der Waals surface area contributed by atoms with Crippen molar-refractivity contribution in [2.45, 2.75) is 20.3 Å². The molecule has 6 heteroatoms. The molecule has 0 aliphatic heterocycles. The lowest BCUT2D eigenvalue weighted by molar-refractivity contribution is -0.119. The van der Waals surface area contributed by atoms with Crippen LogP contribution in [0, 0.1) is 6.92 Å². The molecule has 0 bridgehead atoms. The van der Waals surface area contributed by atoms with Gasteiger partial charge in [-0.15, -0.1) is 0 Å². The van der Waals surface area contributed by atoms with Gasteiger partial charge in [0.1, 0.15) is 5.82 Å². The van der Waals surface area contributed by atoms with E-state index in [0.717, 1.165) is 6.42 Å². The highest BCUT2D eigenvalue weighted by molar-refractivity contribution is 5.89. The number of anilines is 1. The van der Waals surface area contributed by atoms with Crippen LogP contribution < -0.4 is 10.2 Å². The number of nitrogens with zero attached hydrogens (tertiary/aromatic N) is 2. The third-order valence-corrected chi connectivity index (χ3v) is 2.65. The third-order valence-electron chi connectivity index (χ3n) is 2.65. The summed E-state index contributed by atoms with van der Waals surface area (Å²) in [6.07, 6.45) is 0.889. The molecule has 0 saturated heterocycles. The molecule has 1 aromatic heterocycles. The average Bonchev–Trinajstić information content (AvgIpc) is 2.35. The fourth-order valence-electron chi connectivity index (χ4n) is 1.60. The first-order valence-electron chi connectivity index (χ1n) is 6.14. The molecule has 6 nitrogen and oxygen atoms in total. The lowest BCUT2D eigenvalue weighted by Crippen LogP contribution is -2.35. The van der Waals surface area contributed by atoms with E-state index in [2.05, 4.69) is 10.3 Å². The SMILES string of the molecule is CCCNC(=O)CN(C)c1ccc(C(=O)O)c(C)n1. The van der Waals surface area contributed by atoms with Gasteiger partial charge in [-0.2, -0.15) is 0 Å². The summed E-state index contributed by atoms with van der Waals surface area (Å²) in [6.45, 7) is 4.47. The van der Waals surface area contributed by atoms with Crippen molar-refractivity contribution in [3.05, 3.63) is 23.4 Å². The van der Waals surface area contributed by atoms with E-state index in [9.17, 15) is 9.59 Å². The molecule has 1 heterocycles. The first-order valence-corrected chi connectivity index (χ1v) is 6.14. The summed E-state index contributed by atoms with van der Waals surface area (Å²) in [5.74, 6) is -0.500. The van der Waals surface area contributed by atoms with Gasteiger partial charge in [0.2, 0.25) is 5.91 Å². The molecule has 0 aliphatic rings. The van der Waals surface area contributed by atoms with E-state index in [1.165, 1.54) is 6.07 Å². The van der Waals surface area contributed by atoms with Crippen LogP contribution in [0.3, 0.4) is 0 Å². The van der Waals surface area contributed by atoms with Gasteiger partial charge >= 0.3 is 5.97 Å². The van der Waals surface area contributed by atoms with Crippen LogP contribution in [0.1, 0.15) is 29.4 Å². The van der Waals surface area contributed by atoms with Gasteiger partial charge in [-0.1, -0.05) is 6.92 Å². The lowest BCUT2D eigenvalue weighted by atomic mass is 10.2. The Morgan fingerprint density at radius 1 is 1.42 bits per heavy atom. The van der Waals surface area contributed by atoms with Gasteiger partial charge in [-0.25, -0.2) is 9.78 Å². The molecule has 0 fully saturated rings. The Morgan fingerprint density at radius 3 is 2.63 bits per heavy atom. The summed E-state index contributed by atoms with van der Waals surface area (Å²) in [4.78, 5) is 28.3. The van der Waals surface area contributed by atoms with Crippen LogP contribution in [0.5, 0.6) is 0 Å². The fourth-order valence-corrected chi connectivity index (χ4v) is 1.60. The normalized spacial score (nSPS) is 10.1. The van der Waals surface area contributed by atoms with Gasteiger partial charge in [0, 0.05) is 13.6 Å². The Hall–Kier alpha value is -2.11. The minimum Gasteiger partial charge on any atom is -0.478 e. The zero-order valence-corrected chi connectivity index (χ0v) is 11.4. The van der Waals surface area contributed by atoms with E-state index in [4.69, 9.17) is 5.11 Å². The maximum absolute atomic E-state index is 11.6. The summed E-state index contributed by atoms with van der Waals surface area (Å²) in [5.41, 5.74) is 0.610. The van der Waals surface area contributed by atoms with Crippen molar-refractivity contribution in [2.75, 3.05) is 25.0 Å². The maximum Gasteiger partial charge on any atom is 0.337 e. The molecule has 0 aliphatic carbocycles. The molecule has 0 aromatic carbocycles. The number of likely N-dealkylation sites (N-methyl/N-ethyl adjacent to an activating group) is 1. The Bertz CT molecular complexity index is 474. The number of aromatic nitrogens is 1. The minimum absolute atomic E-state index is 0.0777. The Balaban J connectivity index is 2.72. The second kappa shape index (κ2) is 6.72. The number of amides is 1.